The van der Waals surface area contributed by atoms with E-state index < -0.39 is 32.2 Å². The fourth-order valence-electron chi connectivity index (χ4n) is 3.05. The van der Waals surface area contributed by atoms with E-state index in [1.165, 1.54) is 0 Å². The summed E-state index contributed by atoms with van der Waals surface area (Å²) >= 11 is 7.51. The molecule has 1 N–H and O–H groups in total. The molecule has 0 spiro atoms. The number of aryl methyl sites for hydroxylation is 1. The molecule has 9 nitrogen and oxygen atoms in total. The van der Waals surface area contributed by atoms with Crippen molar-refractivity contribution in [3.05, 3.63) is 91.0 Å². The second-order valence-electron chi connectivity index (χ2n) is 6.86. The van der Waals surface area contributed by atoms with Gasteiger partial charge in [-0.05, 0) is 48.9 Å². The number of thiazole rings is 1. The van der Waals surface area contributed by atoms with Gasteiger partial charge >= 0.3 is 0 Å². The Kier molecular flexibility index (Phi) is 5.56. The summed E-state index contributed by atoms with van der Waals surface area (Å²) in [5.74, 6) is -0.801. The number of aromatic nitrogens is 1. The van der Waals surface area contributed by atoms with Gasteiger partial charge in [-0.2, -0.15) is 0 Å². The molecule has 0 aliphatic rings. The number of nitro groups is 2. The fourth-order valence-corrected chi connectivity index (χ4v) is 4.38. The van der Waals surface area contributed by atoms with Crippen molar-refractivity contribution in [1.82, 2.24) is 4.98 Å². The molecule has 0 saturated heterocycles. The zero-order valence-electron chi connectivity index (χ0n) is 16.4. The number of carbonyl (C=O) groups is 1. The average Bonchev–Trinajstić information content (AvgIpc) is 3.17. The van der Waals surface area contributed by atoms with Crippen molar-refractivity contribution in [2.75, 3.05) is 5.32 Å². The third kappa shape index (κ3) is 4.13. The first-order valence-corrected chi connectivity index (χ1v) is 10.3. The van der Waals surface area contributed by atoms with E-state index in [1.807, 2.05) is 19.1 Å². The molecule has 0 fully saturated rings. The molecule has 1 amide bonds. The monoisotopic (exact) mass is 468 g/mol. The molecule has 0 bridgehead atoms. The summed E-state index contributed by atoms with van der Waals surface area (Å²) in [4.78, 5) is 37.8. The standard InChI is InChI=1S/C21H13ClN4O5S/c1-11-2-7-16-18(8-11)32-21(24-16)12-3-5-13(6-4-12)23-20(27)15-9-14(25(28)29)10-17(19(15)22)26(30)31/h2-10H,1H3,(H,23,27). The Balaban J connectivity index is 1.60. The Morgan fingerprint density at radius 1 is 1.03 bits per heavy atom. The summed E-state index contributed by atoms with van der Waals surface area (Å²) in [5, 5.41) is 25.1. The lowest BCUT2D eigenvalue weighted by atomic mass is 10.1. The van der Waals surface area contributed by atoms with E-state index in [1.54, 1.807) is 35.6 Å². The highest BCUT2D eigenvalue weighted by molar-refractivity contribution is 7.21. The molecule has 4 aromatic rings. The molecule has 0 atom stereocenters. The van der Waals surface area contributed by atoms with Crippen LogP contribution in [-0.2, 0) is 0 Å². The first-order valence-electron chi connectivity index (χ1n) is 9.14. The van der Waals surface area contributed by atoms with Crippen LogP contribution in [0.5, 0.6) is 0 Å². The number of anilines is 1. The molecule has 0 radical (unpaired) electrons. The summed E-state index contributed by atoms with van der Waals surface area (Å²) in [6, 6.07) is 14.5. The first kappa shape index (κ1) is 21.3. The van der Waals surface area contributed by atoms with Gasteiger partial charge in [0.05, 0.1) is 31.7 Å². The van der Waals surface area contributed by atoms with E-state index in [4.69, 9.17) is 11.6 Å². The molecular weight excluding hydrogens is 456 g/mol. The minimum atomic E-state index is -0.875. The van der Waals surface area contributed by atoms with Crippen molar-refractivity contribution in [2.24, 2.45) is 0 Å². The third-order valence-electron chi connectivity index (χ3n) is 4.62. The van der Waals surface area contributed by atoms with Crippen molar-refractivity contribution >= 4 is 56.1 Å². The number of nitrogens with one attached hydrogen (secondary N) is 1. The summed E-state index contributed by atoms with van der Waals surface area (Å²) in [7, 11) is 0. The summed E-state index contributed by atoms with van der Waals surface area (Å²) in [6.07, 6.45) is 0. The van der Waals surface area contributed by atoms with Crippen LogP contribution in [0.25, 0.3) is 20.8 Å². The first-order chi connectivity index (χ1) is 15.2. The lowest BCUT2D eigenvalue weighted by Gasteiger charge is -2.08. The maximum absolute atomic E-state index is 12.6. The average molecular weight is 469 g/mol. The van der Waals surface area contributed by atoms with Crippen LogP contribution < -0.4 is 5.32 Å². The van der Waals surface area contributed by atoms with Gasteiger partial charge in [-0.15, -0.1) is 11.3 Å². The number of fused-ring (bicyclic) bond motifs is 1. The van der Waals surface area contributed by atoms with Crippen LogP contribution in [0.2, 0.25) is 5.02 Å². The Hall–Kier alpha value is -3.89. The van der Waals surface area contributed by atoms with Crippen LogP contribution in [0, 0.1) is 27.2 Å². The number of hydrogen-bond acceptors (Lipinski definition) is 7. The van der Waals surface area contributed by atoms with E-state index in [2.05, 4.69) is 16.4 Å². The molecular formula is C21H13ClN4O5S. The van der Waals surface area contributed by atoms with Crippen LogP contribution in [0.4, 0.5) is 17.1 Å². The fraction of sp³-hybridized carbons (Fsp3) is 0.0476. The highest BCUT2D eigenvalue weighted by Crippen LogP contribution is 2.34. The minimum Gasteiger partial charge on any atom is -0.322 e. The zero-order valence-corrected chi connectivity index (χ0v) is 17.9. The van der Waals surface area contributed by atoms with Gasteiger partial charge in [-0.25, -0.2) is 4.98 Å². The smallest absolute Gasteiger partial charge is 0.295 e. The lowest BCUT2D eigenvalue weighted by Crippen LogP contribution is -2.13. The number of nitrogens with zero attached hydrogens (tertiary/aromatic N) is 3. The SMILES string of the molecule is Cc1ccc2nc(-c3ccc(NC(=O)c4cc([N+](=O)[O-])cc([N+](=O)[O-])c4Cl)cc3)sc2c1. The molecule has 11 heteroatoms. The maximum Gasteiger partial charge on any atom is 0.295 e. The van der Waals surface area contributed by atoms with Crippen molar-refractivity contribution in [2.45, 2.75) is 6.92 Å². The molecule has 160 valence electrons. The van der Waals surface area contributed by atoms with Gasteiger partial charge in [0.25, 0.3) is 17.3 Å². The quantitative estimate of drug-likeness (QED) is 0.283. The predicted molar refractivity (Wildman–Crippen MR) is 123 cm³/mol. The van der Waals surface area contributed by atoms with Crippen molar-refractivity contribution in [3.63, 3.8) is 0 Å². The van der Waals surface area contributed by atoms with Crippen LogP contribution in [0.3, 0.4) is 0 Å². The van der Waals surface area contributed by atoms with Crippen molar-refractivity contribution < 1.29 is 14.6 Å². The summed E-state index contributed by atoms with van der Waals surface area (Å²) in [6.45, 7) is 2.01. The number of hydrogen-bond donors (Lipinski definition) is 1. The minimum absolute atomic E-state index is 0.363. The molecule has 0 aliphatic heterocycles. The molecule has 32 heavy (non-hydrogen) atoms. The van der Waals surface area contributed by atoms with Gasteiger partial charge in [0.2, 0.25) is 0 Å². The van der Waals surface area contributed by atoms with Crippen molar-refractivity contribution in [1.29, 1.82) is 0 Å². The van der Waals surface area contributed by atoms with Gasteiger partial charge in [0.15, 0.2) is 0 Å². The molecule has 0 unspecified atom stereocenters. The number of non-ortho nitro benzene ring substituents is 1. The number of rotatable bonds is 5. The van der Waals surface area contributed by atoms with E-state index in [-0.39, 0.29) is 5.56 Å². The second-order valence-corrected chi connectivity index (χ2v) is 8.27. The van der Waals surface area contributed by atoms with Gasteiger partial charge in [-0.1, -0.05) is 17.7 Å². The highest BCUT2D eigenvalue weighted by atomic mass is 35.5. The molecule has 0 saturated carbocycles. The topological polar surface area (TPSA) is 128 Å². The van der Waals surface area contributed by atoms with Gasteiger partial charge in [-0.3, -0.25) is 25.0 Å². The number of nitro benzene ring substituents is 2. The zero-order chi connectivity index (χ0) is 23.0. The van der Waals surface area contributed by atoms with Crippen LogP contribution >= 0.6 is 22.9 Å². The molecule has 1 aromatic heterocycles. The molecule has 3 aromatic carbocycles. The summed E-state index contributed by atoms with van der Waals surface area (Å²) in [5.41, 5.74) is 1.60. The summed E-state index contributed by atoms with van der Waals surface area (Å²) < 4.78 is 1.07. The second kappa shape index (κ2) is 8.33. The maximum atomic E-state index is 12.6. The van der Waals surface area contributed by atoms with E-state index in [0.29, 0.717) is 11.8 Å². The highest BCUT2D eigenvalue weighted by Gasteiger charge is 2.26. The number of amides is 1. The van der Waals surface area contributed by atoms with E-state index in [0.717, 1.165) is 32.4 Å². The molecule has 0 aliphatic carbocycles. The third-order valence-corrected chi connectivity index (χ3v) is 6.09. The predicted octanol–water partition coefficient (Wildman–Crippen LogP) is 5.99. The number of carbonyl (C=O) groups excluding carboxylic acids is 1. The van der Waals surface area contributed by atoms with Crippen LogP contribution in [0.1, 0.15) is 15.9 Å². The molecule has 1 heterocycles. The van der Waals surface area contributed by atoms with E-state index >= 15 is 0 Å². The van der Waals surface area contributed by atoms with Gasteiger partial charge in [0.1, 0.15) is 10.0 Å². The Bertz CT molecular complexity index is 1400. The Morgan fingerprint density at radius 3 is 2.41 bits per heavy atom. The number of halogens is 1. The molecule has 4 rings (SSSR count). The normalized spacial score (nSPS) is 10.8. The van der Waals surface area contributed by atoms with Crippen LogP contribution in [0.15, 0.2) is 54.6 Å². The Labute approximate surface area is 189 Å². The van der Waals surface area contributed by atoms with E-state index in [9.17, 15) is 25.0 Å². The van der Waals surface area contributed by atoms with Gasteiger partial charge in [0, 0.05) is 17.3 Å². The Morgan fingerprint density at radius 2 is 1.75 bits per heavy atom. The number of benzene rings is 3. The largest absolute Gasteiger partial charge is 0.322 e. The van der Waals surface area contributed by atoms with Crippen LogP contribution in [-0.4, -0.2) is 20.7 Å². The van der Waals surface area contributed by atoms with Crippen molar-refractivity contribution in [3.8, 4) is 10.6 Å². The van der Waals surface area contributed by atoms with Gasteiger partial charge < -0.3 is 5.32 Å². The lowest BCUT2D eigenvalue weighted by molar-refractivity contribution is -0.394.